The maximum atomic E-state index is 11.8. The number of aliphatic carboxylic acids is 1. The van der Waals surface area contributed by atoms with Gasteiger partial charge in [-0.15, -0.1) is 0 Å². The van der Waals surface area contributed by atoms with Crippen LogP contribution in [0.25, 0.3) is 0 Å². The highest BCUT2D eigenvalue weighted by Crippen LogP contribution is 2.19. The number of ether oxygens (including phenoxy) is 1. The molecule has 0 aromatic heterocycles. The van der Waals surface area contributed by atoms with E-state index in [1.807, 2.05) is 30.3 Å². The predicted octanol–water partition coefficient (Wildman–Crippen LogP) is 1.24. The molecule has 1 fully saturated rings. The summed E-state index contributed by atoms with van der Waals surface area (Å²) in [5, 5.41) is 11.2. The zero-order valence-electron chi connectivity index (χ0n) is 12.7. The molecule has 1 aromatic rings. The number of rotatable bonds is 7. The Labute approximate surface area is 134 Å². The molecule has 0 radical (unpaired) electrons. The summed E-state index contributed by atoms with van der Waals surface area (Å²) in [7, 11) is 0. The Balaban J connectivity index is 1.55. The molecule has 2 N–H and O–H groups in total. The lowest BCUT2D eigenvalue weighted by atomic mass is 9.96. The minimum atomic E-state index is -0.843. The molecule has 23 heavy (non-hydrogen) atoms. The fourth-order valence-electron chi connectivity index (χ4n) is 2.35. The molecule has 1 aromatic carbocycles. The smallest absolute Gasteiger partial charge is 0.407 e. The molecule has 0 spiro atoms. The van der Waals surface area contributed by atoms with Gasteiger partial charge in [0.15, 0.2) is 0 Å². The molecular formula is C16H20N2O5. The van der Waals surface area contributed by atoms with Crippen molar-refractivity contribution in [3.8, 4) is 0 Å². The number of carbonyl (C=O) groups excluding carboxylic acids is 2. The van der Waals surface area contributed by atoms with E-state index >= 15 is 0 Å². The molecule has 1 heterocycles. The Morgan fingerprint density at radius 2 is 1.91 bits per heavy atom. The minimum Gasteiger partial charge on any atom is -0.481 e. The molecule has 2 amide bonds. The van der Waals surface area contributed by atoms with Gasteiger partial charge in [-0.05, 0) is 5.56 Å². The maximum absolute atomic E-state index is 11.8. The summed E-state index contributed by atoms with van der Waals surface area (Å²) in [6, 6.07) is 9.31. The van der Waals surface area contributed by atoms with Crippen LogP contribution in [0, 0.1) is 5.92 Å². The van der Waals surface area contributed by atoms with Gasteiger partial charge in [0.25, 0.3) is 0 Å². The average Bonchev–Trinajstić information content (AvgIpc) is 2.49. The van der Waals surface area contributed by atoms with E-state index in [4.69, 9.17) is 9.84 Å². The van der Waals surface area contributed by atoms with Crippen LogP contribution in [0.1, 0.15) is 18.4 Å². The van der Waals surface area contributed by atoms with Crippen molar-refractivity contribution >= 4 is 18.0 Å². The molecule has 0 saturated carbocycles. The van der Waals surface area contributed by atoms with Crippen LogP contribution in [0.2, 0.25) is 0 Å². The van der Waals surface area contributed by atoms with Crippen LogP contribution in [0.4, 0.5) is 4.79 Å². The number of carboxylic acids is 1. The van der Waals surface area contributed by atoms with Gasteiger partial charge in [-0.25, -0.2) is 4.79 Å². The Kier molecular flexibility index (Phi) is 5.96. The molecular weight excluding hydrogens is 300 g/mol. The van der Waals surface area contributed by atoms with Crippen molar-refractivity contribution in [3.05, 3.63) is 35.9 Å². The summed E-state index contributed by atoms with van der Waals surface area (Å²) in [5.41, 5.74) is 0.892. The zero-order valence-corrected chi connectivity index (χ0v) is 12.7. The van der Waals surface area contributed by atoms with E-state index in [0.29, 0.717) is 13.1 Å². The third-order valence-corrected chi connectivity index (χ3v) is 3.59. The topological polar surface area (TPSA) is 95.9 Å². The SMILES string of the molecule is O=C(O)CC1CN(C(=O)CCNC(=O)OCc2ccccc2)C1. The third-order valence-electron chi connectivity index (χ3n) is 3.59. The number of hydrogen-bond acceptors (Lipinski definition) is 4. The second kappa shape index (κ2) is 8.17. The molecule has 2 rings (SSSR count). The van der Waals surface area contributed by atoms with Crippen molar-refractivity contribution in [1.82, 2.24) is 10.2 Å². The lowest BCUT2D eigenvalue weighted by molar-refractivity contribution is -0.145. The molecule has 124 valence electrons. The number of benzene rings is 1. The molecule has 7 heteroatoms. The van der Waals surface area contributed by atoms with Gasteiger partial charge in [0.2, 0.25) is 5.91 Å². The first-order valence-corrected chi connectivity index (χ1v) is 7.48. The Morgan fingerprint density at radius 3 is 2.57 bits per heavy atom. The predicted molar refractivity (Wildman–Crippen MR) is 81.6 cm³/mol. The van der Waals surface area contributed by atoms with Gasteiger partial charge >= 0.3 is 12.1 Å². The standard InChI is InChI=1S/C16H20N2O5/c19-14(18-9-13(10-18)8-15(20)21)6-7-17-16(22)23-11-12-4-2-1-3-5-12/h1-5,13H,6-11H2,(H,17,22)(H,20,21). The first-order chi connectivity index (χ1) is 11.0. The van der Waals surface area contributed by atoms with Crippen LogP contribution in [-0.4, -0.2) is 47.6 Å². The summed E-state index contributed by atoms with van der Waals surface area (Å²) in [5.74, 6) is -0.889. The Morgan fingerprint density at radius 1 is 1.22 bits per heavy atom. The van der Waals surface area contributed by atoms with E-state index < -0.39 is 12.1 Å². The van der Waals surface area contributed by atoms with Crippen molar-refractivity contribution in [3.63, 3.8) is 0 Å². The molecule has 1 aliphatic heterocycles. The fourth-order valence-corrected chi connectivity index (χ4v) is 2.35. The number of nitrogens with one attached hydrogen (secondary N) is 1. The lowest BCUT2D eigenvalue weighted by Gasteiger charge is -2.38. The number of carboxylic acid groups (broad SMARTS) is 1. The van der Waals surface area contributed by atoms with Crippen LogP contribution in [0.3, 0.4) is 0 Å². The quantitative estimate of drug-likeness (QED) is 0.788. The number of nitrogens with zero attached hydrogens (tertiary/aromatic N) is 1. The van der Waals surface area contributed by atoms with E-state index in [-0.39, 0.29) is 37.8 Å². The molecule has 1 saturated heterocycles. The summed E-state index contributed by atoms with van der Waals surface area (Å²) >= 11 is 0. The summed E-state index contributed by atoms with van der Waals surface area (Å²) in [4.78, 5) is 35.4. The van der Waals surface area contributed by atoms with E-state index in [9.17, 15) is 14.4 Å². The van der Waals surface area contributed by atoms with Crippen molar-refractivity contribution in [1.29, 1.82) is 0 Å². The Bertz CT molecular complexity index is 555. The normalized spacial score (nSPS) is 14.0. The summed E-state index contributed by atoms with van der Waals surface area (Å²) < 4.78 is 5.03. The van der Waals surface area contributed by atoms with Crippen LogP contribution < -0.4 is 5.32 Å². The number of carbonyl (C=O) groups is 3. The highest BCUT2D eigenvalue weighted by molar-refractivity contribution is 5.78. The van der Waals surface area contributed by atoms with E-state index in [1.54, 1.807) is 4.90 Å². The first kappa shape index (κ1) is 16.8. The van der Waals surface area contributed by atoms with Gasteiger partial charge in [0.1, 0.15) is 6.61 Å². The number of alkyl carbamates (subject to hydrolysis) is 1. The van der Waals surface area contributed by atoms with E-state index in [2.05, 4.69) is 5.32 Å². The largest absolute Gasteiger partial charge is 0.481 e. The van der Waals surface area contributed by atoms with Gasteiger partial charge in [-0.2, -0.15) is 0 Å². The molecule has 7 nitrogen and oxygen atoms in total. The zero-order chi connectivity index (χ0) is 16.7. The number of likely N-dealkylation sites (tertiary alicyclic amines) is 1. The monoisotopic (exact) mass is 320 g/mol. The van der Waals surface area contributed by atoms with Gasteiger partial charge < -0.3 is 20.1 Å². The van der Waals surface area contributed by atoms with Crippen LogP contribution in [0.5, 0.6) is 0 Å². The Hall–Kier alpha value is -2.57. The van der Waals surface area contributed by atoms with Crippen LogP contribution in [-0.2, 0) is 20.9 Å². The first-order valence-electron chi connectivity index (χ1n) is 7.48. The van der Waals surface area contributed by atoms with Gasteiger partial charge in [0, 0.05) is 32.0 Å². The minimum absolute atomic E-state index is 0.0419. The molecule has 0 unspecified atom stereocenters. The average molecular weight is 320 g/mol. The summed E-state index contributed by atoms with van der Waals surface area (Å²) in [6.45, 7) is 1.34. The van der Waals surface area contributed by atoms with Crippen LogP contribution in [0.15, 0.2) is 30.3 Å². The molecule has 1 aliphatic rings. The van der Waals surface area contributed by atoms with Crippen molar-refractivity contribution in [2.24, 2.45) is 5.92 Å². The highest BCUT2D eigenvalue weighted by Gasteiger charge is 2.31. The van der Waals surface area contributed by atoms with Gasteiger partial charge in [-0.1, -0.05) is 30.3 Å². The van der Waals surface area contributed by atoms with Crippen LogP contribution >= 0.6 is 0 Å². The lowest BCUT2D eigenvalue weighted by Crippen LogP contribution is -2.51. The summed E-state index contributed by atoms with van der Waals surface area (Å²) in [6.07, 6.45) is -0.289. The van der Waals surface area contributed by atoms with E-state index in [1.165, 1.54) is 0 Å². The molecule has 0 bridgehead atoms. The molecule has 0 atom stereocenters. The second-order valence-corrected chi connectivity index (χ2v) is 5.50. The van der Waals surface area contributed by atoms with Crippen molar-refractivity contribution in [2.75, 3.05) is 19.6 Å². The van der Waals surface area contributed by atoms with Gasteiger partial charge in [0.05, 0.1) is 6.42 Å². The molecule has 0 aliphatic carbocycles. The fraction of sp³-hybridized carbons (Fsp3) is 0.438. The van der Waals surface area contributed by atoms with Gasteiger partial charge in [-0.3, -0.25) is 9.59 Å². The van der Waals surface area contributed by atoms with Crippen molar-refractivity contribution < 1.29 is 24.2 Å². The second-order valence-electron chi connectivity index (χ2n) is 5.50. The number of hydrogen-bond donors (Lipinski definition) is 2. The van der Waals surface area contributed by atoms with Crippen molar-refractivity contribution in [2.45, 2.75) is 19.4 Å². The van der Waals surface area contributed by atoms with E-state index in [0.717, 1.165) is 5.56 Å². The number of amides is 2. The maximum Gasteiger partial charge on any atom is 0.407 e. The third kappa shape index (κ3) is 5.61. The highest BCUT2D eigenvalue weighted by atomic mass is 16.5.